The van der Waals surface area contributed by atoms with Crippen LogP contribution in [0.3, 0.4) is 0 Å². The van der Waals surface area contributed by atoms with Gasteiger partial charge in [-0.3, -0.25) is 13.9 Å². The first-order valence-corrected chi connectivity index (χ1v) is 14.1. The number of amides is 2. The zero-order valence-corrected chi connectivity index (χ0v) is 23.9. The summed E-state index contributed by atoms with van der Waals surface area (Å²) in [6.07, 6.45) is 0. The molecule has 1 N–H and O–H groups in total. The van der Waals surface area contributed by atoms with Gasteiger partial charge in [-0.05, 0) is 76.1 Å². The second kappa shape index (κ2) is 12.0. The van der Waals surface area contributed by atoms with E-state index in [0.29, 0.717) is 16.3 Å². The average Bonchev–Trinajstić information content (AvgIpc) is 2.85. The van der Waals surface area contributed by atoms with Gasteiger partial charge >= 0.3 is 0 Å². The number of sulfonamides is 1. The van der Waals surface area contributed by atoms with E-state index in [2.05, 4.69) is 5.32 Å². The summed E-state index contributed by atoms with van der Waals surface area (Å²) in [6.45, 7) is 8.56. The molecule has 38 heavy (non-hydrogen) atoms. The summed E-state index contributed by atoms with van der Waals surface area (Å²) >= 11 is 6.39. The number of hydrogen-bond acceptors (Lipinski definition) is 4. The monoisotopic (exact) mass is 555 g/mol. The third-order valence-electron chi connectivity index (χ3n) is 5.86. The Morgan fingerprint density at radius 3 is 2.18 bits per heavy atom. The minimum Gasteiger partial charge on any atom is -0.350 e. The molecular formula is C29H34ClN3O4S. The van der Waals surface area contributed by atoms with E-state index in [4.69, 9.17) is 11.6 Å². The molecule has 0 heterocycles. The molecule has 0 fully saturated rings. The molecule has 0 aliphatic rings. The van der Waals surface area contributed by atoms with E-state index in [1.807, 2.05) is 33.8 Å². The first kappa shape index (κ1) is 29.2. The van der Waals surface area contributed by atoms with Crippen LogP contribution in [0.2, 0.25) is 5.02 Å². The highest BCUT2D eigenvalue weighted by Crippen LogP contribution is 2.26. The summed E-state index contributed by atoms with van der Waals surface area (Å²) in [6, 6.07) is 21.1. The zero-order chi connectivity index (χ0) is 28.1. The molecule has 9 heteroatoms. The van der Waals surface area contributed by atoms with Gasteiger partial charge in [0, 0.05) is 17.1 Å². The van der Waals surface area contributed by atoms with Gasteiger partial charge in [0.15, 0.2) is 0 Å². The Bertz CT molecular complexity index is 1390. The summed E-state index contributed by atoms with van der Waals surface area (Å²) in [7, 11) is -4.10. The minimum atomic E-state index is -4.10. The number of benzene rings is 3. The Morgan fingerprint density at radius 2 is 1.58 bits per heavy atom. The molecule has 0 aliphatic heterocycles. The highest BCUT2D eigenvalue weighted by atomic mass is 35.5. The number of halogens is 1. The van der Waals surface area contributed by atoms with Crippen molar-refractivity contribution in [1.82, 2.24) is 10.2 Å². The summed E-state index contributed by atoms with van der Waals surface area (Å²) in [5.41, 5.74) is 1.32. The minimum absolute atomic E-state index is 0.0320. The van der Waals surface area contributed by atoms with Crippen LogP contribution in [0.25, 0.3) is 0 Å². The van der Waals surface area contributed by atoms with E-state index in [0.717, 1.165) is 9.87 Å². The first-order valence-electron chi connectivity index (χ1n) is 12.3. The number of anilines is 1. The van der Waals surface area contributed by atoms with Gasteiger partial charge < -0.3 is 10.2 Å². The third kappa shape index (κ3) is 7.36. The predicted octanol–water partition coefficient (Wildman–Crippen LogP) is 5.18. The fourth-order valence-corrected chi connectivity index (χ4v) is 5.52. The molecule has 0 saturated heterocycles. The topological polar surface area (TPSA) is 86.8 Å². The van der Waals surface area contributed by atoms with Gasteiger partial charge in [-0.15, -0.1) is 0 Å². The molecule has 0 radical (unpaired) electrons. The average molecular weight is 556 g/mol. The molecule has 2 amide bonds. The van der Waals surface area contributed by atoms with Crippen LogP contribution in [0, 0.1) is 6.92 Å². The molecule has 0 saturated carbocycles. The molecule has 3 rings (SSSR count). The van der Waals surface area contributed by atoms with Gasteiger partial charge in [-0.2, -0.15) is 0 Å². The summed E-state index contributed by atoms with van der Waals surface area (Å²) in [5.74, 6) is -0.895. The van der Waals surface area contributed by atoms with E-state index >= 15 is 0 Å². The Kier molecular flexibility index (Phi) is 9.22. The number of rotatable bonds is 9. The first-order chi connectivity index (χ1) is 17.8. The molecule has 0 unspecified atom stereocenters. The van der Waals surface area contributed by atoms with Crippen molar-refractivity contribution in [2.75, 3.05) is 10.8 Å². The number of aryl methyl sites for hydroxylation is 1. The number of nitrogens with one attached hydrogen (secondary N) is 1. The Labute approximate surface area is 230 Å². The van der Waals surface area contributed by atoms with E-state index in [9.17, 15) is 18.0 Å². The van der Waals surface area contributed by atoms with Gasteiger partial charge in [0.2, 0.25) is 11.8 Å². The lowest BCUT2D eigenvalue weighted by Gasteiger charge is -2.33. The van der Waals surface area contributed by atoms with Crippen molar-refractivity contribution in [1.29, 1.82) is 0 Å². The lowest BCUT2D eigenvalue weighted by Crippen LogP contribution is -2.54. The number of nitrogens with zero attached hydrogens (tertiary/aromatic N) is 2. The lowest BCUT2D eigenvalue weighted by atomic mass is 10.1. The fraction of sp³-hybridized carbons (Fsp3) is 0.310. The maximum Gasteiger partial charge on any atom is 0.264 e. The zero-order valence-electron chi connectivity index (χ0n) is 22.3. The van der Waals surface area contributed by atoms with Crippen LogP contribution in [-0.2, 0) is 26.2 Å². The molecule has 3 aromatic rings. The summed E-state index contributed by atoms with van der Waals surface area (Å²) in [4.78, 5) is 28.5. The molecule has 0 spiro atoms. The van der Waals surface area contributed by atoms with Crippen LogP contribution in [0.1, 0.15) is 38.8 Å². The predicted molar refractivity (Wildman–Crippen MR) is 152 cm³/mol. The Morgan fingerprint density at radius 1 is 0.947 bits per heavy atom. The van der Waals surface area contributed by atoms with Crippen molar-refractivity contribution < 1.29 is 18.0 Å². The van der Waals surface area contributed by atoms with Crippen molar-refractivity contribution in [3.05, 3.63) is 95.0 Å². The van der Waals surface area contributed by atoms with Crippen molar-refractivity contribution in [2.24, 2.45) is 0 Å². The molecule has 0 aromatic heterocycles. The quantitative estimate of drug-likeness (QED) is 0.394. The molecule has 3 aromatic carbocycles. The van der Waals surface area contributed by atoms with Crippen LogP contribution in [-0.4, -0.2) is 43.3 Å². The highest BCUT2D eigenvalue weighted by Gasteiger charge is 2.33. The van der Waals surface area contributed by atoms with Gasteiger partial charge in [0.1, 0.15) is 12.6 Å². The highest BCUT2D eigenvalue weighted by molar-refractivity contribution is 7.92. The number of carbonyl (C=O) groups is 2. The van der Waals surface area contributed by atoms with E-state index in [1.54, 1.807) is 67.6 Å². The maximum absolute atomic E-state index is 13.9. The van der Waals surface area contributed by atoms with Crippen LogP contribution in [0.4, 0.5) is 5.69 Å². The van der Waals surface area contributed by atoms with Gasteiger partial charge in [-0.25, -0.2) is 8.42 Å². The van der Waals surface area contributed by atoms with Gasteiger partial charge in [-0.1, -0.05) is 60.1 Å². The molecule has 0 bridgehead atoms. The van der Waals surface area contributed by atoms with E-state index in [-0.39, 0.29) is 17.3 Å². The molecule has 0 aliphatic carbocycles. The van der Waals surface area contributed by atoms with Crippen LogP contribution in [0.15, 0.2) is 83.8 Å². The second-order valence-electron chi connectivity index (χ2n) is 10.2. The summed E-state index contributed by atoms with van der Waals surface area (Å²) < 4.78 is 28.6. The Hall–Kier alpha value is -3.36. The largest absolute Gasteiger partial charge is 0.350 e. The van der Waals surface area contributed by atoms with Crippen molar-refractivity contribution in [2.45, 2.75) is 57.6 Å². The normalized spacial score (nSPS) is 12.5. The molecular weight excluding hydrogens is 522 g/mol. The molecule has 7 nitrogen and oxygen atoms in total. The lowest BCUT2D eigenvalue weighted by molar-refractivity contribution is -0.140. The van der Waals surface area contributed by atoms with Crippen LogP contribution in [0.5, 0.6) is 0 Å². The standard InChI is InChI=1S/C29H34ClN3O4S/c1-21-12-11-14-24(18-21)33(38(36,37)25-15-7-6-8-16-25)20-27(34)32(19-23-13-9-10-17-26(23)30)22(2)28(35)31-29(3,4)5/h6-18,22H,19-20H2,1-5H3,(H,31,35)/t22-/m0/s1. The maximum atomic E-state index is 13.9. The van der Waals surface area contributed by atoms with E-state index < -0.39 is 34.1 Å². The number of hydrogen-bond donors (Lipinski definition) is 1. The molecule has 202 valence electrons. The van der Waals surface area contributed by atoms with Crippen molar-refractivity contribution >= 4 is 39.1 Å². The van der Waals surface area contributed by atoms with Crippen LogP contribution >= 0.6 is 11.6 Å². The fourth-order valence-electron chi connectivity index (χ4n) is 3.90. The molecule has 1 atom stereocenters. The third-order valence-corrected chi connectivity index (χ3v) is 8.02. The second-order valence-corrected chi connectivity index (χ2v) is 12.5. The van der Waals surface area contributed by atoms with E-state index in [1.165, 1.54) is 17.0 Å². The van der Waals surface area contributed by atoms with Crippen molar-refractivity contribution in [3.63, 3.8) is 0 Å². The Balaban J connectivity index is 2.04. The smallest absolute Gasteiger partial charge is 0.264 e. The van der Waals surface area contributed by atoms with Crippen molar-refractivity contribution in [3.8, 4) is 0 Å². The summed E-state index contributed by atoms with van der Waals surface area (Å²) in [5, 5.41) is 3.35. The van der Waals surface area contributed by atoms with Crippen LogP contribution < -0.4 is 9.62 Å². The van der Waals surface area contributed by atoms with Gasteiger partial charge in [0.25, 0.3) is 10.0 Å². The SMILES string of the molecule is Cc1cccc(N(CC(=O)N(Cc2ccccc2Cl)[C@@H](C)C(=O)NC(C)(C)C)S(=O)(=O)c2ccccc2)c1. The number of carbonyl (C=O) groups excluding carboxylic acids is 2. The van der Waals surface area contributed by atoms with Gasteiger partial charge in [0.05, 0.1) is 10.6 Å².